The molecular weight excluding hydrogens is 506 g/mol. The third-order valence-corrected chi connectivity index (χ3v) is 6.87. The number of carbonyl (C=O) groups excluding carboxylic acids is 1. The highest BCUT2D eigenvalue weighted by molar-refractivity contribution is 9.10. The number of hydrogen-bond donors (Lipinski definition) is 0. The monoisotopic (exact) mass is 531 g/mol. The van der Waals surface area contributed by atoms with Crippen LogP contribution in [0.5, 0.6) is 5.75 Å². The van der Waals surface area contributed by atoms with Crippen molar-refractivity contribution in [2.75, 3.05) is 13.2 Å². The number of unbranched alkanes of at least 4 members (excludes halogenated alkanes) is 1. The zero-order valence-corrected chi connectivity index (χ0v) is 21.1. The molecule has 6 heteroatoms. The van der Waals surface area contributed by atoms with Gasteiger partial charge in [-0.05, 0) is 54.3 Å². The maximum atomic E-state index is 13.7. The van der Waals surface area contributed by atoms with Gasteiger partial charge < -0.3 is 14.1 Å². The van der Waals surface area contributed by atoms with Crippen molar-refractivity contribution >= 4 is 32.8 Å². The Bertz CT molecular complexity index is 1410. The summed E-state index contributed by atoms with van der Waals surface area (Å²) < 4.78 is 12.6. The molecular formula is C29H26BrNO4. The first-order valence-electron chi connectivity index (χ1n) is 11.9. The lowest BCUT2D eigenvalue weighted by Gasteiger charge is -2.25. The molecule has 0 radical (unpaired) electrons. The first kappa shape index (κ1) is 23.4. The van der Waals surface area contributed by atoms with Crippen molar-refractivity contribution in [3.05, 3.63) is 110 Å². The van der Waals surface area contributed by atoms with Gasteiger partial charge in [-0.1, -0.05) is 71.7 Å². The molecule has 1 aliphatic rings. The standard InChI is InChI=1S/C29H26BrNO4/c1-2-3-17-34-22-12-9-20(10-13-22)26-25-27(32)23-18-21(30)11-14-24(23)35-28(25)29(33)31(26)16-15-19-7-5-4-6-8-19/h4-14,18,26H,2-3,15-17H2,1H3. The molecule has 0 spiro atoms. The van der Waals surface area contributed by atoms with Crippen LogP contribution in [0, 0.1) is 0 Å². The van der Waals surface area contributed by atoms with E-state index in [-0.39, 0.29) is 17.1 Å². The van der Waals surface area contributed by atoms with E-state index in [1.165, 1.54) is 0 Å². The third-order valence-electron chi connectivity index (χ3n) is 6.37. The molecule has 2 heterocycles. The van der Waals surface area contributed by atoms with Crippen molar-refractivity contribution < 1.29 is 13.9 Å². The zero-order valence-electron chi connectivity index (χ0n) is 19.5. The van der Waals surface area contributed by atoms with Gasteiger partial charge in [0.05, 0.1) is 23.6 Å². The predicted molar refractivity (Wildman–Crippen MR) is 140 cm³/mol. The molecule has 0 fully saturated rings. The van der Waals surface area contributed by atoms with Crippen LogP contribution in [-0.2, 0) is 6.42 Å². The zero-order chi connectivity index (χ0) is 24.4. The maximum absolute atomic E-state index is 13.7. The summed E-state index contributed by atoms with van der Waals surface area (Å²) in [6.07, 6.45) is 2.73. The van der Waals surface area contributed by atoms with Gasteiger partial charge in [-0.25, -0.2) is 0 Å². The Morgan fingerprint density at radius 3 is 2.51 bits per heavy atom. The topological polar surface area (TPSA) is 59.8 Å². The van der Waals surface area contributed by atoms with Crippen molar-refractivity contribution in [1.29, 1.82) is 0 Å². The molecule has 35 heavy (non-hydrogen) atoms. The maximum Gasteiger partial charge on any atom is 0.290 e. The van der Waals surface area contributed by atoms with Gasteiger partial charge in [0.25, 0.3) is 5.91 Å². The normalized spacial score (nSPS) is 15.0. The first-order valence-corrected chi connectivity index (χ1v) is 12.7. The Morgan fingerprint density at radius 2 is 1.77 bits per heavy atom. The van der Waals surface area contributed by atoms with Gasteiger partial charge in [-0.15, -0.1) is 0 Å². The van der Waals surface area contributed by atoms with E-state index in [4.69, 9.17) is 9.15 Å². The Balaban J connectivity index is 1.56. The Hall–Kier alpha value is -3.38. The number of rotatable bonds is 8. The van der Waals surface area contributed by atoms with Crippen LogP contribution in [0.25, 0.3) is 11.0 Å². The van der Waals surface area contributed by atoms with Gasteiger partial charge in [-0.2, -0.15) is 0 Å². The fraction of sp³-hybridized carbons (Fsp3) is 0.241. The van der Waals surface area contributed by atoms with E-state index in [0.717, 1.165) is 34.2 Å². The average molecular weight is 532 g/mol. The largest absolute Gasteiger partial charge is 0.494 e. The molecule has 1 aromatic heterocycles. The number of carbonyl (C=O) groups is 1. The molecule has 3 aromatic carbocycles. The van der Waals surface area contributed by atoms with E-state index in [9.17, 15) is 9.59 Å². The lowest BCUT2D eigenvalue weighted by Crippen LogP contribution is -2.31. The average Bonchev–Trinajstić information content (AvgIpc) is 3.16. The highest BCUT2D eigenvalue weighted by Crippen LogP contribution is 2.39. The van der Waals surface area contributed by atoms with E-state index in [0.29, 0.717) is 36.1 Å². The van der Waals surface area contributed by atoms with Crippen LogP contribution in [0.15, 0.2) is 86.5 Å². The molecule has 1 unspecified atom stereocenters. The summed E-state index contributed by atoms with van der Waals surface area (Å²) in [6, 6.07) is 22.5. The first-order chi connectivity index (χ1) is 17.1. The molecule has 5 nitrogen and oxygen atoms in total. The molecule has 4 aromatic rings. The summed E-state index contributed by atoms with van der Waals surface area (Å²) in [6.45, 7) is 3.25. The van der Waals surface area contributed by atoms with Crippen molar-refractivity contribution in [3.63, 3.8) is 0 Å². The Morgan fingerprint density at radius 1 is 1.00 bits per heavy atom. The van der Waals surface area contributed by atoms with Gasteiger partial charge in [0, 0.05) is 11.0 Å². The minimum atomic E-state index is -0.523. The van der Waals surface area contributed by atoms with Crippen molar-refractivity contribution in [1.82, 2.24) is 4.90 Å². The Labute approximate surface area is 212 Å². The lowest BCUT2D eigenvalue weighted by molar-refractivity contribution is 0.0730. The number of fused-ring (bicyclic) bond motifs is 2. The molecule has 1 aliphatic heterocycles. The highest BCUT2D eigenvalue weighted by atomic mass is 79.9. The van der Waals surface area contributed by atoms with Crippen LogP contribution < -0.4 is 10.2 Å². The second-order valence-corrected chi connectivity index (χ2v) is 9.64. The van der Waals surface area contributed by atoms with Gasteiger partial charge in [0.1, 0.15) is 11.3 Å². The molecule has 1 amide bonds. The van der Waals surface area contributed by atoms with Crippen LogP contribution in [0.3, 0.4) is 0 Å². The fourth-order valence-corrected chi connectivity index (χ4v) is 4.91. The van der Waals surface area contributed by atoms with E-state index in [2.05, 4.69) is 22.9 Å². The third kappa shape index (κ3) is 4.63. The fourth-order valence-electron chi connectivity index (χ4n) is 4.54. The minimum absolute atomic E-state index is 0.131. The number of ether oxygens (including phenoxy) is 1. The summed E-state index contributed by atoms with van der Waals surface area (Å²) in [7, 11) is 0. The summed E-state index contributed by atoms with van der Waals surface area (Å²) in [5.41, 5.74) is 2.62. The molecule has 0 saturated heterocycles. The Kier molecular flexibility index (Phi) is 6.73. The van der Waals surface area contributed by atoms with Crippen LogP contribution in [0.2, 0.25) is 0 Å². The number of hydrogen-bond acceptors (Lipinski definition) is 4. The van der Waals surface area contributed by atoms with Gasteiger partial charge in [0.2, 0.25) is 5.76 Å². The molecule has 0 aliphatic carbocycles. The quantitative estimate of drug-likeness (QED) is 0.243. The van der Waals surface area contributed by atoms with Gasteiger partial charge >= 0.3 is 0 Å². The van der Waals surface area contributed by atoms with E-state index < -0.39 is 6.04 Å². The molecule has 0 saturated carbocycles. The summed E-state index contributed by atoms with van der Waals surface area (Å²) in [4.78, 5) is 29.0. The van der Waals surface area contributed by atoms with E-state index >= 15 is 0 Å². The second-order valence-electron chi connectivity index (χ2n) is 8.72. The molecule has 5 rings (SSSR count). The van der Waals surface area contributed by atoms with E-state index in [1.54, 1.807) is 23.1 Å². The van der Waals surface area contributed by atoms with Crippen LogP contribution in [0.1, 0.15) is 53.1 Å². The highest BCUT2D eigenvalue weighted by Gasteiger charge is 2.42. The van der Waals surface area contributed by atoms with Crippen LogP contribution in [-0.4, -0.2) is 24.0 Å². The number of benzene rings is 3. The molecule has 0 bridgehead atoms. The van der Waals surface area contributed by atoms with Crippen LogP contribution in [0.4, 0.5) is 0 Å². The number of nitrogens with zero attached hydrogens (tertiary/aromatic N) is 1. The minimum Gasteiger partial charge on any atom is -0.494 e. The van der Waals surface area contributed by atoms with Crippen molar-refractivity contribution in [2.24, 2.45) is 0 Å². The SMILES string of the molecule is CCCCOc1ccc(C2c3c(oc4ccc(Br)cc4c3=O)C(=O)N2CCc2ccccc2)cc1. The van der Waals surface area contributed by atoms with Gasteiger partial charge in [-0.3, -0.25) is 9.59 Å². The molecule has 1 atom stereocenters. The second kappa shape index (κ2) is 10.1. The van der Waals surface area contributed by atoms with Crippen molar-refractivity contribution in [3.8, 4) is 5.75 Å². The van der Waals surface area contributed by atoms with Gasteiger partial charge in [0.15, 0.2) is 5.43 Å². The molecule has 178 valence electrons. The summed E-state index contributed by atoms with van der Waals surface area (Å²) in [5, 5.41) is 0.459. The van der Waals surface area contributed by atoms with Crippen molar-refractivity contribution in [2.45, 2.75) is 32.2 Å². The lowest BCUT2D eigenvalue weighted by atomic mass is 9.98. The number of halogens is 1. The summed E-state index contributed by atoms with van der Waals surface area (Å²) in [5.74, 6) is 0.648. The predicted octanol–water partition coefficient (Wildman–Crippen LogP) is 6.52. The molecule has 0 N–H and O–H groups in total. The van der Waals surface area contributed by atoms with E-state index in [1.807, 2.05) is 54.6 Å². The summed E-state index contributed by atoms with van der Waals surface area (Å²) >= 11 is 3.44. The smallest absolute Gasteiger partial charge is 0.290 e. The number of amides is 1. The van der Waals surface area contributed by atoms with Crippen LogP contribution >= 0.6 is 15.9 Å².